The van der Waals surface area contributed by atoms with Crippen LogP contribution in [0.2, 0.25) is 0 Å². The molecule has 0 bridgehead atoms. The van der Waals surface area contributed by atoms with Crippen molar-refractivity contribution in [2.45, 2.75) is 0 Å². The molecule has 0 aromatic heterocycles. The minimum atomic E-state index is 0. The predicted molar refractivity (Wildman–Crippen MR) is 13.3 cm³/mol. The van der Waals surface area contributed by atoms with Gasteiger partial charge in [-0.05, 0) is 0 Å². The molecule has 0 fully saturated rings. The van der Waals surface area contributed by atoms with Crippen LogP contribution in [0.15, 0.2) is 0 Å². The van der Waals surface area contributed by atoms with Crippen molar-refractivity contribution in [2.24, 2.45) is 0 Å². The van der Waals surface area contributed by atoms with Gasteiger partial charge in [-0.2, -0.15) is 0 Å². The van der Waals surface area contributed by atoms with Gasteiger partial charge in [0.25, 0.3) is 0 Å². The Balaban J connectivity index is -0.00000000500. The number of rotatable bonds is 0. The van der Waals surface area contributed by atoms with Gasteiger partial charge in [-0.25, -0.2) is 0 Å². The first-order valence-electron chi connectivity index (χ1n) is 0.136. The van der Waals surface area contributed by atoms with Crippen LogP contribution in [0.3, 0.4) is 0 Å². The maximum atomic E-state index is 3.77. The summed E-state index contributed by atoms with van der Waals surface area (Å²) in [6.45, 7) is 0. The Hall–Kier alpha value is 1.99. The van der Waals surface area contributed by atoms with Crippen LogP contribution in [-0.4, -0.2) is 23.1 Å². The first-order chi connectivity index (χ1) is 1.00. The van der Waals surface area contributed by atoms with Gasteiger partial charge in [0, 0.05) is 39.5 Å². The predicted octanol–water partition coefficient (Wildman–Crippen LogP) is 0.262. The second-order valence-corrected chi connectivity index (χ2v) is 0. The molecule has 0 aliphatic heterocycles. The Morgan fingerprint density at radius 2 is 1.25 bits per heavy atom. The molecule has 0 heterocycles. The monoisotopic (exact) mass is 173 g/mol. The summed E-state index contributed by atoms with van der Waals surface area (Å²) in [6, 6.07) is 0. The Morgan fingerprint density at radius 1 is 1.25 bits per heavy atom. The molecule has 0 aromatic rings. The molecule has 27 valence electrons. The number of hydrogen-bond donors (Lipinski definition) is 0. The van der Waals surface area contributed by atoms with Gasteiger partial charge in [0.05, 0.1) is 0 Å². The maximum absolute atomic E-state index is 3.77. The van der Waals surface area contributed by atoms with Crippen molar-refractivity contribution in [3.8, 4) is 0 Å². The van der Waals surface area contributed by atoms with Crippen molar-refractivity contribution < 1.29 is 30.6 Å². The Labute approximate surface area is 63.7 Å². The molecule has 0 amide bonds. The van der Waals surface area contributed by atoms with Crippen LogP contribution in [0, 0.1) is 0 Å². The first-order valence-corrected chi connectivity index (χ1v) is 1.68. The fourth-order valence-electron chi connectivity index (χ4n) is 0. The molecule has 0 N–H and O–H groups in total. The summed E-state index contributed by atoms with van der Waals surface area (Å²) in [5.41, 5.74) is 0. The van der Waals surface area contributed by atoms with E-state index in [1.54, 1.807) is 0 Å². The van der Waals surface area contributed by atoms with E-state index in [-0.39, 0.29) is 39.5 Å². The zero-order valence-electron chi connectivity index (χ0n) is 1.76. The summed E-state index contributed by atoms with van der Waals surface area (Å²) in [5, 5.41) is 0. The fourth-order valence-corrected chi connectivity index (χ4v) is 0. The normalized spacial score (nSPS) is 1.25. The molecule has 4 heteroatoms. The van der Waals surface area contributed by atoms with E-state index >= 15 is 0 Å². The van der Waals surface area contributed by atoms with Gasteiger partial charge in [0.2, 0.25) is 0 Å². The Bertz CT molecular complexity index is 8.00. The summed E-state index contributed by atoms with van der Waals surface area (Å²) < 4.78 is 0. The number of hydrogen-bond acceptors (Lipinski definition) is 1. The first kappa shape index (κ1) is 16.7. The van der Waals surface area contributed by atoms with Gasteiger partial charge in [-0.15, -0.1) is 0 Å². The van der Waals surface area contributed by atoms with E-state index in [2.05, 4.69) is 24.7 Å². The van der Waals surface area contributed by atoms with Crippen molar-refractivity contribution in [3.05, 3.63) is 0 Å². The Kier molecular flexibility index (Phi) is 83.8. The minimum absolute atomic E-state index is 0. The van der Waals surface area contributed by atoms with E-state index in [9.17, 15) is 0 Å². The van der Waals surface area contributed by atoms with Crippen LogP contribution in [-0.2, 0) is 30.6 Å². The summed E-state index contributed by atoms with van der Waals surface area (Å²) in [6.07, 6.45) is 0. The SMILES string of the molecule is [Mg].[Ni].[S]=[Co]. The Morgan fingerprint density at radius 3 is 1.25 bits per heavy atom. The van der Waals surface area contributed by atoms with Crippen molar-refractivity contribution >= 4 is 33.7 Å². The average Bonchev–Trinajstić information content (AvgIpc) is 1.00. The zero-order chi connectivity index (χ0) is 2.00. The molecule has 0 aliphatic carbocycles. The molecule has 0 spiro atoms. The van der Waals surface area contributed by atoms with Crippen molar-refractivity contribution in [1.82, 2.24) is 0 Å². The van der Waals surface area contributed by atoms with Crippen LogP contribution in [0.4, 0.5) is 0 Å². The van der Waals surface area contributed by atoms with E-state index in [1.165, 1.54) is 0 Å². The second kappa shape index (κ2) is 20.1. The van der Waals surface area contributed by atoms with E-state index in [0.29, 0.717) is 0 Å². The van der Waals surface area contributed by atoms with Crippen LogP contribution in [0.1, 0.15) is 0 Å². The van der Waals surface area contributed by atoms with Crippen molar-refractivity contribution in [3.63, 3.8) is 0 Å². The second-order valence-electron chi connectivity index (χ2n) is 0. The average molecular weight is 174 g/mol. The molecule has 0 saturated heterocycles. The molecule has 0 atom stereocenters. The van der Waals surface area contributed by atoms with Gasteiger partial charge in [0.1, 0.15) is 0 Å². The van der Waals surface area contributed by atoms with E-state index in [4.69, 9.17) is 0 Å². The van der Waals surface area contributed by atoms with Gasteiger partial charge in [0.15, 0.2) is 0 Å². The molecule has 0 aliphatic rings. The molecular weight excluding hydrogens is 174 g/mol. The van der Waals surface area contributed by atoms with Crippen LogP contribution < -0.4 is 0 Å². The molecule has 0 aromatic carbocycles. The molecule has 2 radical (unpaired) electrons. The zero-order valence-corrected chi connectivity index (χ0v) is 6.02. The van der Waals surface area contributed by atoms with Crippen LogP contribution in [0.25, 0.3) is 0 Å². The van der Waals surface area contributed by atoms with E-state index < -0.39 is 0 Å². The van der Waals surface area contributed by atoms with Crippen LogP contribution in [0.5, 0.6) is 0 Å². The molecule has 0 saturated carbocycles. The third kappa shape index (κ3) is 9.01. The van der Waals surface area contributed by atoms with E-state index in [0.717, 1.165) is 0 Å². The summed E-state index contributed by atoms with van der Waals surface area (Å²) >= 11 is 3.15. The summed E-state index contributed by atoms with van der Waals surface area (Å²) in [5.74, 6) is 0. The van der Waals surface area contributed by atoms with Crippen molar-refractivity contribution in [2.75, 3.05) is 0 Å². The molecule has 0 nitrogen and oxygen atoms in total. The third-order valence-corrected chi connectivity index (χ3v) is 0. The van der Waals surface area contributed by atoms with Gasteiger partial charge < -0.3 is 0 Å². The summed E-state index contributed by atoms with van der Waals surface area (Å²) in [7, 11) is 3.77. The quantitative estimate of drug-likeness (QED) is 0.474. The summed E-state index contributed by atoms with van der Waals surface area (Å²) in [4.78, 5) is 0. The fraction of sp³-hybridized carbons (Fsp3) is 0. The third-order valence-electron chi connectivity index (χ3n) is 0. The van der Waals surface area contributed by atoms with Gasteiger partial charge >= 0.3 is 24.7 Å². The molecule has 0 unspecified atom stereocenters. The van der Waals surface area contributed by atoms with Crippen molar-refractivity contribution in [1.29, 1.82) is 0 Å². The molecule has 0 rings (SSSR count). The van der Waals surface area contributed by atoms with E-state index in [1.807, 2.05) is 0 Å². The topological polar surface area (TPSA) is 0 Å². The molecular formula is CoMgNiS. The van der Waals surface area contributed by atoms with Gasteiger partial charge in [-0.3, -0.25) is 0 Å². The molecule has 4 heavy (non-hydrogen) atoms. The standard InChI is InChI=1S/Co.Mg.Ni.S. The van der Waals surface area contributed by atoms with Gasteiger partial charge in [-0.1, -0.05) is 0 Å². The van der Waals surface area contributed by atoms with Crippen LogP contribution >= 0.6 is 10.6 Å².